The molecule has 27 heavy (non-hydrogen) atoms. The highest BCUT2D eigenvalue weighted by molar-refractivity contribution is 5.81. The second-order valence-electron chi connectivity index (χ2n) is 6.66. The van der Waals surface area contributed by atoms with Crippen molar-refractivity contribution in [3.8, 4) is 0 Å². The molecule has 0 saturated carbocycles. The number of carbonyl (C=O) groups is 1. The Morgan fingerprint density at radius 1 is 1.41 bits per heavy atom. The van der Waals surface area contributed by atoms with E-state index >= 15 is 0 Å². The Bertz CT molecular complexity index is 787. The van der Waals surface area contributed by atoms with Crippen LogP contribution >= 0.6 is 0 Å². The number of pyridine rings is 1. The molecule has 3 heterocycles. The molecule has 2 aromatic heterocycles. The van der Waals surface area contributed by atoms with Crippen LogP contribution in [0.15, 0.2) is 29.4 Å². The highest BCUT2D eigenvalue weighted by Gasteiger charge is 2.28. The molecule has 0 bridgehead atoms. The van der Waals surface area contributed by atoms with Gasteiger partial charge in [-0.1, -0.05) is 6.07 Å². The van der Waals surface area contributed by atoms with E-state index in [9.17, 15) is 4.79 Å². The molecule has 1 aliphatic heterocycles. The van der Waals surface area contributed by atoms with Crippen molar-refractivity contribution in [2.75, 3.05) is 33.3 Å². The minimum absolute atomic E-state index is 0.0698. The van der Waals surface area contributed by atoms with Crippen LogP contribution in [0.3, 0.4) is 0 Å². The van der Waals surface area contributed by atoms with Gasteiger partial charge in [0.2, 0.25) is 0 Å². The summed E-state index contributed by atoms with van der Waals surface area (Å²) >= 11 is 0. The molecular weight excluding hydrogens is 344 g/mol. The van der Waals surface area contributed by atoms with Crippen molar-refractivity contribution in [1.29, 1.82) is 0 Å². The number of nitrogens with one attached hydrogen (secondary N) is 1. The fourth-order valence-corrected chi connectivity index (χ4v) is 3.46. The summed E-state index contributed by atoms with van der Waals surface area (Å²) in [6.07, 6.45) is 5.59. The second-order valence-corrected chi connectivity index (χ2v) is 6.66. The Kier molecular flexibility index (Phi) is 6.62. The normalized spacial score (nSPS) is 17.9. The largest absolute Gasteiger partial charge is 0.466 e. The number of rotatable bonds is 6. The van der Waals surface area contributed by atoms with E-state index in [1.54, 1.807) is 7.05 Å². The molecule has 8 heteroatoms. The first-order chi connectivity index (χ1) is 13.2. The van der Waals surface area contributed by atoms with E-state index in [0.717, 1.165) is 56.2 Å². The molecule has 3 rings (SSSR count). The van der Waals surface area contributed by atoms with Crippen LogP contribution in [0.1, 0.15) is 32.0 Å². The first-order valence-electron chi connectivity index (χ1n) is 9.63. The molecule has 1 unspecified atom stereocenters. The Morgan fingerprint density at radius 2 is 2.30 bits per heavy atom. The summed E-state index contributed by atoms with van der Waals surface area (Å²) < 4.78 is 7.19. The van der Waals surface area contributed by atoms with Gasteiger partial charge in [-0.25, -0.2) is 0 Å². The van der Waals surface area contributed by atoms with Crippen LogP contribution in [-0.4, -0.2) is 64.7 Å². The van der Waals surface area contributed by atoms with Gasteiger partial charge in [0.1, 0.15) is 5.82 Å². The second kappa shape index (κ2) is 9.34. The maximum Gasteiger partial charge on any atom is 0.310 e. The lowest BCUT2D eigenvalue weighted by atomic mass is 9.98. The van der Waals surface area contributed by atoms with Crippen LogP contribution in [0.4, 0.5) is 0 Å². The number of nitrogens with zero attached hydrogens (tertiary/aromatic N) is 5. The molecule has 1 saturated heterocycles. The first-order valence-corrected chi connectivity index (χ1v) is 9.63. The van der Waals surface area contributed by atoms with E-state index in [2.05, 4.69) is 25.4 Å². The zero-order valence-corrected chi connectivity index (χ0v) is 16.1. The molecule has 0 aromatic carbocycles. The first kappa shape index (κ1) is 19.1. The third-order valence-electron chi connectivity index (χ3n) is 4.80. The zero-order valence-electron chi connectivity index (χ0n) is 16.1. The lowest BCUT2D eigenvalue weighted by molar-refractivity contribution is -0.149. The monoisotopic (exact) mass is 372 g/mol. The summed E-state index contributed by atoms with van der Waals surface area (Å²) in [6.45, 7) is 4.63. The SMILES string of the molecule is CCOC(=O)C1CCCN(C(=NC)NCCCc2nnc3ccccn23)C1. The number of esters is 1. The molecule has 8 nitrogen and oxygen atoms in total. The van der Waals surface area contributed by atoms with Gasteiger partial charge in [0, 0.05) is 39.3 Å². The van der Waals surface area contributed by atoms with Crippen molar-refractivity contribution in [1.82, 2.24) is 24.8 Å². The van der Waals surface area contributed by atoms with Crippen molar-refractivity contribution in [3.63, 3.8) is 0 Å². The molecule has 1 N–H and O–H groups in total. The fourth-order valence-electron chi connectivity index (χ4n) is 3.46. The number of aromatic nitrogens is 3. The van der Waals surface area contributed by atoms with Crippen LogP contribution in [0.2, 0.25) is 0 Å². The predicted octanol–water partition coefficient (Wildman–Crippen LogP) is 1.51. The third kappa shape index (κ3) is 4.75. The van der Waals surface area contributed by atoms with Gasteiger partial charge in [-0.15, -0.1) is 10.2 Å². The topological polar surface area (TPSA) is 84.1 Å². The standard InChI is InChI=1S/C19H28N6O2/c1-3-27-18(26)15-8-7-12-24(14-15)19(20-2)21-11-6-10-17-23-22-16-9-4-5-13-25(16)17/h4-5,9,13,15H,3,6-8,10-12,14H2,1-2H3,(H,20,21). The number of fused-ring (bicyclic) bond motifs is 1. The molecule has 0 aliphatic carbocycles. The molecule has 1 atom stereocenters. The van der Waals surface area contributed by atoms with E-state index in [1.807, 2.05) is 35.7 Å². The van der Waals surface area contributed by atoms with Crippen LogP contribution in [-0.2, 0) is 16.0 Å². The molecule has 146 valence electrons. The van der Waals surface area contributed by atoms with Crippen molar-refractivity contribution in [3.05, 3.63) is 30.2 Å². The summed E-state index contributed by atoms with van der Waals surface area (Å²) in [7, 11) is 1.78. The molecule has 0 radical (unpaired) electrons. The highest BCUT2D eigenvalue weighted by atomic mass is 16.5. The molecule has 1 aliphatic rings. The molecule has 2 aromatic rings. The summed E-state index contributed by atoms with van der Waals surface area (Å²) in [5.41, 5.74) is 0.870. The molecule has 0 spiro atoms. The average Bonchev–Trinajstić information content (AvgIpc) is 3.11. The number of likely N-dealkylation sites (tertiary alicyclic amines) is 1. The molecule has 0 amide bonds. The number of guanidine groups is 1. The molecular formula is C19H28N6O2. The lowest BCUT2D eigenvalue weighted by Crippen LogP contribution is -2.48. The number of piperidine rings is 1. The minimum atomic E-state index is -0.101. The van der Waals surface area contributed by atoms with Gasteiger partial charge in [-0.05, 0) is 38.3 Å². The van der Waals surface area contributed by atoms with E-state index < -0.39 is 0 Å². The minimum Gasteiger partial charge on any atom is -0.466 e. The van der Waals surface area contributed by atoms with Gasteiger partial charge in [0.05, 0.1) is 12.5 Å². The van der Waals surface area contributed by atoms with Crippen molar-refractivity contribution in [2.24, 2.45) is 10.9 Å². The number of aryl methyl sites for hydroxylation is 1. The van der Waals surface area contributed by atoms with Gasteiger partial charge < -0.3 is 15.0 Å². The molecule has 1 fully saturated rings. The van der Waals surface area contributed by atoms with Crippen LogP contribution in [0.5, 0.6) is 0 Å². The summed E-state index contributed by atoms with van der Waals surface area (Å²) in [5.74, 6) is 1.63. The third-order valence-corrected chi connectivity index (χ3v) is 4.80. The number of aliphatic imine (C=N–C) groups is 1. The van der Waals surface area contributed by atoms with Crippen LogP contribution in [0.25, 0.3) is 5.65 Å². The van der Waals surface area contributed by atoms with E-state index in [-0.39, 0.29) is 11.9 Å². The van der Waals surface area contributed by atoms with E-state index in [1.165, 1.54) is 0 Å². The highest BCUT2D eigenvalue weighted by Crippen LogP contribution is 2.18. The maximum absolute atomic E-state index is 12.0. The Labute approximate surface area is 159 Å². The Hall–Kier alpha value is -2.64. The van der Waals surface area contributed by atoms with Crippen molar-refractivity contribution in [2.45, 2.75) is 32.6 Å². The smallest absolute Gasteiger partial charge is 0.310 e. The average molecular weight is 372 g/mol. The van der Waals surface area contributed by atoms with Gasteiger partial charge >= 0.3 is 5.97 Å². The van der Waals surface area contributed by atoms with Gasteiger partial charge in [0.15, 0.2) is 11.6 Å². The van der Waals surface area contributed by atoms with Crippen molar-refractivity contribution < 1.29 is 9.53 Å². The number of hydrogen-bond acceptors (Lipinski definition) is 5. The summed E-state index contributed by atoms with van der Waals surface area (Å²) in [5, 5.41) is 11.8. The number of ether oxygens (including phenoxy) is 1. The van der Waals surface area contributed by atoms with E-state index in [0.29, 0.717) is 13.2 Å². The Balaban J connectivity index is 1.48. The zero-order chi connectivity index (χ0) is 19.1. The van der Waals surface area contributed by atoms with Gasteiger partial charge in [0.25, 0.3) is 0 Å². The number of carbonyl (C=O) groups excluding carboxylic acids is 1. The number of hydrogen-bond donors (Lipinski definition) is 1. The van der Waals surface area contributed by atoms with Crippen molar-refractivity contribution >= 4 is 17.6 Å². The van der Waals surface area contributed by atoms with Crippen LogP contribution < -0.4 is 5.32 Å². The van der Waals surface area contributed by atoms with Gasteiger partial charge in [-0.3, -0.25) is 14.2 Å². The quantitative estimate of drug-likeness (QED) is 0.358. The van der Waals surface area contributed by atoms with Crippen LogP contribution in [0, 0.1) is 5.92 Å². The Morgan fingerprint density at radius 3 is 3.11 bits per heavy atom. The lowest BCUT2D eigenvalue weighted by Gasteiger charge is -2.33. The van der Waals surface area contributed by atoms with Gasteiger partial charge in [-0.2, -0.15) is 0 Å². The maximum atomic E-state index is 12.0. The summed E-state index contributed by atoms with van der Waals surface area (Å²) in [6, 6.07) is 5.89. The fraction of sp³-hybridized carbons (Fsp3) is 0.579. The van der Waals surface area contributed by atoms with E-state index in [4.69, 9.17) is 4.74 Å². The summed E-state index contributed by atoms with van der Waals surface area (Å²) in [4.78, 5) is 18.6. The predicted molar refractivity (Wildman–Crippen MR) is 104 cm³/mol.